The van der Waals surface area contributed by atoms with E-state index in [1.807, 2.05) is 34.6 Å². The first-order valence-corrected chi connectivity index (χ1v) is 10.5. The molecule has 0 saturated carbocycles. The standard InChI is InChI=1S/C20H31N3O3S/c1-8-15(20(25)26-12(4)5)23-16(11-22(9-2)10-3)21-18-17(19(23)24)13(6)14(7)27-18/h12,15H,8-11H2,1-7H3. The molecule has 27 heavy (non-hydrogen) atoms. The molecule has 0 fully saturated rings. The summed E-state index contributed by atoms with van der Waals surface area (Å²) in [4.78, 5) is 35.0. The van der Waals surface area contributed by atoms with Crippen LogP contribution in [0.4, 0.5) is 0 Å². The minimum absolute atomic E-state index is 0.142. The molecular formula is C20H31N3O3S. The van der Waals surface area contributed by atoms with E-state index in [1.54, 1.807) is 4.57 Å². The van der Waals surface area contributed by atoms with Gasteiger partial charge in [0.15, 0.2) is 0 Å². The normalized spacial score (nSPS) is 12.9. The third-order valence-corrected chi connectivity index (χ3v) is 5.99. The molecule has 6 nitrogen and oxygen atoms in total. The smallest absolute Gasteiger partial charge is 0.329 e. The van der Waals surface area contributed by atoms with Crippen LogP contribution in [0.3, 0.4) is 0 Å². The monoisotopic (exact) mass is 393 g/mol. The number of hydrogen-bond donors (Lipinski definition) is 0. The third-order valence-electron chi connectivity index (χ3n) is 4.89. The van der Waals surface area contributed by atoms with Gasteiger partial charge in [0.25, 0.3) is 5.56 Å². The van der Waals surface area contributed by atoms with Crippen molar-refractivity contribution in [2.75, 3.05) is 13.1 Å². The van der Waals surface area contributed by atoms with Gasteiger partial charge in [0.2, 0.25) is 0 Å². The van der Waals surface area contributed by atoms with Crippen LogP contribution in [0, 0.1) is 13.8 Å². The van der Waals surface area contributed by atoms with E-state index >= 15 is 0 Å². The highest BCUT2D eigenvalue weighted by molar-refractivity contribution is 7.18. The molecule has 1 atom stereocenters. The first kappa shape index (κ1) is 21.6. The van der Waals surface area contributed by atoms with Crippen LogP contribution in [0.25, 0.3) is 10.2 Å². The van der Waals surface area contributed by atoms with Crippen LogP contribution in [-0.2, 0) is 16.1 Å². The highest BCUT2D eigenvalue weighted by Gasteiger charge is 2.28. The number of esters is 1. The zero-order chi connectivity index (χ0) is 20.3. The second-order valence-corrected chi connectivity index (χ2v) is 8.24. The molecule has 0 N–H and O–H groups in total. The Morgan fingerprint density at radius 1 is 1.22 bits per heavy atom. The fraction of sp³-hybridized carbons (Fsp3) is 0.650. The first-order valence-electron chi connectivity index (χ1n) is 9.68. The molecule has 0 saturated heterocycles. The van der Waals surface area contributed by atoms with Crippen LogP contribution >= 0.6 is 11.3 Å². The van der Waals surface area contributed by atoms with Crippen molar-refractivity contribution in [3.05, 3.63) is 26.6 Å². The fourth-order valence-corrected chi connectivity index (χ4v) is 4.23. The highest BCUT2D eigenvalue weighted by Crippen LogP contribution is 2.28. The van der Waals surface area contributed by atoms with Crippen LogP contribution in [0.15, 0.2) is 4.79 Å². The lowest BCUT2D eigenvalue weighted by atomic mass is 10.1. The maximum atomic E-state index is 13.4. The fourth-order valence-electron chi connectivity index (χ4n) is 3.19. The molecule has 0 spiro atoms. The maximum absolute atomic E-state index is 13.4. The number of hydrogen-bond acceptors (Lipinski definition) is 6. The Morgan fingerprint density at radius 3 is 2.37 bits per heavy atom. The minimum atomic E-state index is -0.665. The van der Waals surface area contributed by atoms with Gasteiger partial charge >= 0.3 is 5.97 Å². The Morgan fingerprint density at radius 2 is 1.85 bits per heavy atom. The van der Waals surface area contributed by atoms with E-state index in [2.05, 4.69) is 18.7 Å². The van der Waals surface area contributed by atoms with Gasteiger partial charge in [0, 0.05) is 4.88 Å². The average molecular weight is 394 g/mol. The zero-order valence-corrected chi connectivity index (χ0v) is 18.3. The van der Waals surface area contributed by atoms with E-state index in [9.17, 15) is 9.59 Å². The van der Waals surface area contributed by atoms with E-state index in [0.29, 0.717) is 24.2 Å². The van der Waals surface area contributed by atoms with Crippen molar-refractivity contribution < 1.29 is 9.53 Å². The van der Waals surface area contributed by atoms with Crippen molar-refractivity contribution in [2.24, 2.45) is 0 Å². The summed E-state index contributed by atoms with van der Waals surface area (Å²) in [5.74, 6) is 0.256. The number of rotatable bonds is 8. The number of nitrogens with zero attached hydrogens (tertiary/aromatic N) is 3. The van der Waals surface area contributed by atoms with Gasteiger partial charge in [0.05, 0.1) is 18.0 Å². The Hall–Kier alpha value is -1.73. The largest absolute Gasteiger partial charge is 0.461 e. The minimum Gasteiger partial charge on any atom is -0.461 e. The molecule has 0 radical (unpaired) electrons. The van der Waals surface area contributed by atoms with Crippen molar-refractivity contribution >= 4 is 27.5 Å². The van der Waals surface area contributed by atoms with Crippen LogP contribution < -0.4 is 5.56 Å². The molecule has 7 heteroatoms. The van der Waals surface area contributed by atoms with Crippen molar-refractivity contribution in [3.63, 3.8) is 0 Å². The van der Waals surface area contributed by atoms with Crippen LogP contribution in [0.5, 0.6) is 0 Å². The van der Waals surface area contributed by atoms with E-state index in [-0.39, 0.29) is 17.6 Å². The van der Waals surface area contributed by atoms with Crippen LogP contribution in [0.2, 0.25) is 0 Å². The second kappa shape index (κ2) is 8.97. The zero-order valence-electron chi connectivity index (χ0n) is 17.5. The summed E-state index contributed by atoms with van der Waals surface area (Å²) in [5, 5.41) is 0.622. The maximum Gasteiger partial charge on any atom is 0.329 e. The molecule has 2 aromatic heterocycles. The number of ether oxygens (including phenoxy) is 1. The highest BCUT2D eigenvalue weighted by atomic mass is 32.1. The number of fused-ring (bicyclic) bond motifs is 1. The number of carbonyl (C=O) groups excluding carboxylic acids is 1. The van der Waals surface area contributed by atoms with Gasteiger partial charge in [-0.2, -0.15) is 0 Å². The van der Waals surface area contributed by atoms with Crippen LogP contribution in [0.1, 0.15) is 63.3 Å². The van der Waals surface area contributed by atoms with Crippen LogP contribution in [-0.4, -0.2) is 39.6 Å². The number of aromatic nitrogens is 2. The van der Waals surface area contributed by atoms with Crippen molar-refractivity contribution in [1.82, 2.24) is 14.5 Å². The molecular weight excluding hydrogens is 362 g/mol. The van der Waals surface area contributed by atoms with Crippen molar-refractivity contribution in [1.29, 1.82) is 0 Å². The molecule has 1 unspecified atom stereocenters. The van der Waals surface area contributed by atoms with Gasteiger partial charge in [-0.05, 0) is 52.8 Å². The topological polar surface area (TPSA) is 64.4 Å². The Labute approximate surface area is 165 Å². The van der Waals surface area contributed by atoms with Gasteiger partial charge in [-0.25, -0.2) is 9.78 Å². The van der Waals surface area contributed by atoms with Crippen molar-refractivity contribution in [2.45, 2.75) is 73.6 Å². The molecule has 0 bridgehead atoms. The van der Waals surface area contributed by atoms with E-state index in [4.69, 9.17) is 9.72 Å². The van der Waals surface area contributed by atoms with E-state index < -0.39 is 6.04 Å². The number of aryl methyl sites for hydroxylation is 2. The van der Waals surface area contributed by atoms with Gasteiger partial charge < -0.3 is 4.74 Å². The summed E-state index contributed by atoms with van der Waals surface area (Å²) in [7, 11) is 0. The number of thiophene rings is 1. The molecule has 2 aromatic rings. The summed E-state index contributed by atoms with van der Waals surface area (Å²) in [6, 6.07) is -0.665. The molecule has 0 aliphatic carbocycles. The van der Waals surface area contributed by atoms with Gasteiger partial charge in [0.1, 0.15) is 16.7 Å². The molecule has 150 valence electrons. The van der Waals surface area contributed by atoms with Crippen molar-refractivity contribution in [3.8, 4) is 0 Å². The number of carbonyl (C=O) groups is 1. The lowest BCUT2D eigenvalue weighted by Crippen LogP contribution is -2.37. The Kier molecular flexibility index (Phi) is 7.17. The summed E-state index contributed by atoms with van der Waals surface area (Å²) >= 11 is 1.54. The molecule has 0 amide bonds. The molecule has 2 rings (SSSR count). The molecule has 2 heterocycles. The average Bonchev–Trinajstić information content (AvgIpc) is 2.89. The van der Waals surface area contributed by atoms with E-state index in [1.165, 1.54) is 11.3 Å². The second-order valence-electron chi connectivity index (χ2n) is 7.04. The first-order chi connectivity index (χ1) is 12.7. The predicted molar refractivity (Wildman–Crippen MR) is 111 cm³/mol. The Bertz CT molecular complexity index is 865. The molecule has 0 aliphatic rings. The SMILES string of the molecule is CCC(C(=O)OC(C)C)n1c(CN(CC)CC)nc2sc(C)c(C)c2c1=O. The summed E-state index contributed by atoms with van der Waals surface area (Å²) in [5.41, 5.74) is 0.805. The van der Waals surface area contributed by atoms with Gasteiger partial charge in [-0.1, -0.05) is 20.8 Å². The lowest BCUT2D eigenvalue weighted by molar-refractivity contribution is -0.151. The van der Waals surface area contributed by atoms with E-state index in [0.717, 1.165) is 28.4 Å². The Balaban J connectivity index is 2.72. The quantitative estimate of drug-likeness (QED) is 0.638. The molecule has 0 aromatic carbocycles. The lowest BCUT2D eigenvalue weighted by Gasteiger charge is -2.24. The molecule has 0 aliphatic heterocycles. The summed E-state index contributed by atoms with van der Waals surface area (Å²) < 4.78 is 7.01. The third kappa shape index (κ3) is 4.41. The predicted octanol–water partition coefficient (Wildman–Crippen LogP) is 3.82. The van der Waals surface area contributed by atoms with Gasteiger partial charge in [-0.15, -0.1) is 11.3 Å². The summed E-state index contributed by atoms with van der Waals surface area (Å²) in [6.07, 6.45) is 0.252. The summed E-state index contributed by atoms with van der Waals surface area (Å²) in [6.45, 7) is 15.9. The van der Waals surface area contributed by atoms with Gasteiger partial charge in [-0.3, -0.25) is 14.3 Å².